The molecule has 1 aromatic carbocycles. The van der Waals surface area contributed by atoms with Gasteiger partial charge in [-0.25, -0.2) is 4.39 Å². The lowest BCUT2D eigenvalue weighted by Gasteiger charge is -2.03. The van der Waals surface area contributed by atoms with Crippen LogP contribution in [0.3, 0.4) is 0 Å². The summed E-state index contributed by atoms with van der Waals surface area (Å²) in [5.41, 5.74) is 0.922. The molecule has 14 heavy (non-hydrogen) atoms. The molecule has 4 heteroatoms. The molecule has 0 bridgehead atoms. The van der Waals surface area contributed by atoms with Crippen molar-refractivity contribution >= 4 is 5.97 Å². The fourth-order valence-corrected chi connectivity index (χ4v) is 1.16. The first kappa shape index (κ1) is 10.7. The second-order valence-corrected chi connectivity index (χ2v) is 2.98. The molecule has 0 fully saturated rings. The van der Waals surface area contributed by atoms with Crippen molar-refractivity contribution in [2.24, 2.45) is 0 Å². The predicted octanol–water partition coefficient (Wildman–Crippen LogP) is 1.34. The molecule has 0 atom stereocenters. The minimum Gasteiger partial charge on any atom is -0.481 e. The number of aryl methyl sites for hydroxylation is 1. The Morgan fingerprint density at radius 2 is 2.14 bits per heavy atom. The number of aliphatic hydroxyl groups is 1. The molecule has 0 spiro atoms. The third kappa shape index (κ3) is 2.81. The van der Waals surface area contributed by atoms with E-state index in [1.807, 2.05) is 0 Å². The normalized spacial score (nSPS) is 10.1. The summed E-state index contributed by atoms with van der Waals surface area (Å²) in [6.07, 6.45) is 0.0425. The quantitative estimate of drug-likeness (QED) is 0.767. The predicted molar refractivity (Wildman–Crippen MR) is 48.3 cm³/mol. The SMILES string of the molecule is O=C(O)CCc1cc(CO)ccc1F. The highest BCUT2D eigenvalue weighted by molar-refractivity contribution is 5.67. The molecule has 0 saturated heterocycles. The standard InChI is InChI=1S/C10H11FO3/c11-9-3-1-7(6-12)5-8(9)2-4-10(13)14/h1,3,5,12H,2,4,6H2,(H,13,14). The van der Waals surface area contributed by atoms with E-state index in [4.69, 9.17) is 10.2 Å². The van der Waals surface area contributed by atoms with Crippen molar-refractivity contribution in [3.05, 3.63) is 35.1 Å². The van der Waals surface area contributed by atoms with Gasteiger partial charge < -0.3 is 10.2 Å². The first-order valence-electron chi connectivity index (χ1n) is 4.23. The lowest BCUT2D eigenvalue weighted by Crippen LogP contribution is -2.00. The number of hydrogen-bond acceptors (Lipinski definition) is 2. The summed E-state index contributed by atoms with van der Waals surface area (Å²) >= 11 is 0. The molecule has 3 nitrogen and oxygen atoms in total. The van der Waals surface area contributed by atoms with Gasteiger partial charge in [0.05, 0.1) is 6.61 Å². The summed E-state index contributed by atoms with van der Waals surface area (Å²) in [6, 6.07) is 4.20. The number of hydrogen-bond donors (Lipinski definition) is 2. The Bertz CT molecular complexity index is 336. The number of rotatable bonds is 4. The van der Waals surface area contributed by atoms with E-state index in [-0.39, 0.29) is 19.4 Å². The first-order chi connectivity index (χ1) is 6.63. The number of benzene rings is 1. The van der Waals surface area contributed by atoms with E-state index in [9.17, 15) is 9.18 Å². The molecule has 0 aliphatic rings. The zero-order valence-corrected chi connectivity index (χ0v) is 7.53. The van der Waals surface area contributed by atoms with Crippen LogP contribution in [0, 0.1) is 5.82 Å². The molecule has 0 unspecified atom stereocenters. The highest BCUT2D eigenvalue weighted by Gasteiger charge is 2.05. The van der Waals surface area contributed by atoms with E-state index in [1.54, 1.807) is 0 Å². The Morgan fingerprint density at radius 3 is 2.71 bits per heavy atom. The van der Waals surface area contributed by atoms with Crippen LogP contribution < -0.4 is 0 Å². The average molecular weight is 198 g/mol. The number of aliphatic carboxylic acids is 1. The summed E-state index contributed by atoms with van der Waals surface area (Å²) in [6.45, 7) is -0.166. The van der Waals surface area contributed by atoms with Gasteiger partial charge in [0.15, 0.2) is 0 Å². The number of carboxylic acid groups (broad SMARTS) is 1. The van der Waals surface area contributed by atoms with Crippen LogP contribution in [0.25, 0.3) is 0 Å². The zero-order valence-electron chi connectivity index (χ0n) is 7.53. The van der Waals surface area contributed by atoms with E-state index in [0.717, 1.165) is 0 Å². The van der Waals surface area contributed by atoms with Crippen LogP contribution in [0.15, 0.2) is 18.2 Å². The minimum absolute atomic E-state index is 0.105. The van der Waals surface area contributed by atoms with E-state index in [0.29, 0.717) is 11.1 Å². The van der Waals surface area contributed by atoms with Gasteiger partial charge in [0.25, 0.3) is 0 Å². The highest BCUT2D eigenvalue weighted by atomic mass is 19.1. The van der Waals surface area contributed by atoms with Gasteiger partial charge in [0, 0.05) is 6.42 Å². The van der Waals surface area contributed by atoms with Gasteiger partial charge in [-0.3, -0.25) is 4.79 Å². The van der Waals surface area contributed by atoms with Crippen molar-refractivity contribution in [1.82, 2.24) is 0 Å². The first-order valence-corrected chi connectivity index (χ1v) is 4.23. The molecule has 1 rings (SSSR count). The zero-order chi connectivity index (χ0) is 10.6. The van der Waals surface area contributed by atoms with Gasteiger partial charge in [-0.05, 0) is 23.6 Å². The number of carboxylic acids is 1. The van der Waals surface area contributed by atoms with Gasteiger partial charge in [0.1, 0.15) is 5.82 Å². The number of aliphatic hydroxyl groups excluding tert-OH is 1. The van der Waals surface area contributed by atoms with Crippen molar-refractivity contribution in [3.8, 4) is 0 Å². The fourth-order valence-electron chi connectivity index (χ4n) is 1.16. The largest absolute Gasteiger partial charge is 0.481 e. The molecule has 0 amide bonds. The van der Waals surface area contributed by atoms with E-state index < -0.39 is 11.8 Å². The lowest BCUT2D eigenvalue weighted by atomic mass is 10.1. The van der Waals surface area contributed by atoms with E-state index >= 15 is 0 Å². The Morgan fingerprint density at radius 1 is 1.43 bits per heavy atom. The Hall–Kier alpha value is -1.42. The van der Waals surface area contributed by atoms with Crippen LogP contribution in [0.4, 0.5) is 4.39 Å². The topological polar surface area (TPSA) is 57.5 Å². The summed E-state index contributed by atoms with van der Waals surface area (Å²) in [4.78, 5) is 10.3. The fraction of sp³-hybridized carbons (Fsp3) is 0.300. The Kier molecular flexibility index (Phi) is 3.59. The van der Waals surface area contributed by atoms with Crippen molar-refractivity contribution in [3.63, 3.8) is 0 Å². The lowest BCUT2D eigenvalue weighted by molar-refractivity contribution is -0.136. The molecule has 0 radical (unpaired) electrons. The monoisotopic (exact) mass is 198 g/mol. The molecular formula is C10H11FO3. The summed E-state index contributed by atoms with van der Waals surface area (Å²) in [5.74, 6) is -1.39. The molecule has 0 saturated carbocycles. The van der Waals surface area contributed by atoms with Crippen molar-refractivity contribution in [2.45, 2.75) is 19.4 Å². The maximum absolute atomic E-state index is 13.1. The van der Waals surface area contributed by atoms with Crippen molar-refractivity contribution in [2.75, 3.05) is 0 Å². The molecule has 0 aliphatic heterocycles. The van der Waals surface area contributed by atoms with Crippen LogP contribution in [-0.4, -0.2) is 16.2 Å². The van der Waals surface area contributed by atoms with Gasteiger partial charge in [-0.15, -0.1) is 0 Å². The molecule has 76 valence electrons. The maximum atomic E-state index is 13.1. The third-order valence-electron chi connectivity index (χ3n) is 1.90. The summed E-state index contributed by atoms with van der Waals surface area (Å²) in [7, 11) is 0. The van der Waals surface area contributed by atoms with Gasteiger partial charge >= 0.3 is 5.97 Å². The smallest absolute Gasteiger partial charge is 0.303 e. The van der Waals surface area contributed by atoms with Crippen molar-refractivity contribution < 1.29 is 19.4 Å². The average Bonchev–Trinajstić information content (AvgIpc) is 2.16. The van der Waals surface area contributed by atoms with Gasteiger partial charge in [-0.1, -0.05) is 12.1 Å². The van der Waals surface area contributed by atoms with Gasteiger partial charge in [-0.2, -0.15) is 0 Å². The second kappa shape index (κ2) is 4.72. The Balaban J connectivity index is 2.78. The molecule has 1 aromatic rings. The Labute approximate surface area is 80.8 Å². The van der Waals surface area contributed by atoms with E-state index in [2.05, 4.69) is 0 Å². The van der Waals surface area contributed by atoms with Crippen molar-refractivity contribution in [1.29, 1.82) is 0 Å². The van der Waals surface area contributed by atoms with Crippen LogP contribution >= 0.6 is 0 Å². The van der Waals surface area contributed by atoms with Crippen LogP contribution in [-0.2, 0) is 17.8 Å². The summed E-state index contributed by atoms with van der Waals surface area (Å²) in [5, 5.41) is 17.2. The molecule has 0 aliphatic carbocycles. The van der Waals surface area contributed by atoms with Gasteiger partial charge in [0.2, 0.25) is 0 Å². The highest BCUT2D eigenvalue weighted by Crippen LogP contribution is 2.12. The van der Waals surface area contributed by atoms with Crippen LogP contribution in [0.2, 0.25) is 0 Å². The molecule has 0 aromatic heterocycles. The van der Waals surface area contributed by atoms with Crippen LogP contribution in [0.5, 0.6) is 0 Å². The minimum atomic E-state index is -0.959. The second-order valence-electron chi connectivity index (χ2n) is 2.98. The molecule has 2 N–H and O–H groups in total. The number of carbonyl (C=O) groups is 1. The maximum Gasteiger partial charge on any atom is 0.303 e. The third-order valence-corrected chi connectivity index (χ3v) is 1.90. The molecular weight excluding hydrogens is 187 g/mol. The van der Waals surface area contributed by atoms with Crippen LogP contribution in [0.1, 0.15) is 17.5 Å². The molecule has 0 heterocycles. The number of halogens is 1. The van der Waals surface area contributed by atoms with E-state index in [1.165, 1.54) is 18.2 Å². The summed E-state index contributed by atoms with van der Waals surface area (Å²) < 4.78 is 13.1.